The number of hydrogen-bond acceptors (Lipinski definition) is 4. The lowest BCUT2D eigenvalue weighted by Gasteiger charge is -2.23. The lowest BCUT2D eigenvalue weighted by atomic mass is 10.1. The Bertz CT molecular complexity index is 292. The lowest BCUT2D eigenvalue weighted by molar-refractivity contribution is 0.234. The van der Waals surface area contributed by atoms with Crippen LogP contribution in [0.3, 0.4) is 0 Å². The molecule has 1 aromatic heterocycles. The van der Waals surface area contributed by atoms with Crippen LogP contribution in [0, 0.1) is 0 Å². The summed E-state index contributed by atoms with van der Waals surface area (Å²) in [5.74, 6) is 0. The van der Waals surface area contributed by atoms with E-state index >= 15 is 0 Å². The van der Waals surface area contributed by atoms with Gasteiger partial charge in [0.15, 0.2) is 0 Å². The maximum absolute atomic E-state index is 8.92. The molecular weight excluding hydrogens is 214 g/mol. The quantitative estimate of drug-likeness (QED) is 0.692. The zero-order chi connectivity index (χ0) is 12.5. The second-order valence-corrected chi connectivity index (χ2v) is 4.37. The van der Waals surface area contributed by atoms with Crippen molar-refractivity contribution < 1.29 is 5.11 Å². The molecule has 0 saturated carbocycles. The largest absolute Gasteiger partial charge is 0.396 e. The smallest absolute Gasteiger partial charge is 0.0446 e. The van der Waals surface area contributed by atoms with Crippen molar-refractivity contribution in [1.29, 1.82) is 0 Å². The molecule has 0 fully saturated rings. The van der Waals surface area contributed by atoms with Crippen LogP contribution in [0.25, 0.3) is 0 Å². The van der Waals surface area contributed by atoms with Crippen molar-refractivity contribution in [2.45, 2.75) is 18.9 Å². The maximum Gasteiger partial charge on any atom is 0.0446 e. The van der Waals surface area contributed by atoms with Crippen LogP contribution in [0.5, 0.6) is 0 Å². The predicted molar refractivity (Wildman–Crippen MR) is 70.0 cm³/mol. The molecule has 0 radical (unpaired) electrons. The van der Waals surface area contributed by atoms with E-state index in [1.807, 2.05) is 19.4 Å². The molecule has 1 aromatic rings. The molecule has 0 aliphatic carbocycles. The normalized spacial score (nSPS) is 12.9. The van der Waals surface area contributed by atoms with Crippen molar-refractivity contribution >= 4 is 0 Å². The van der Waals surface area contributed by atoms with Crippen molar-refractivity contribution in [3.8, 4) is 0 Å². The Morgan fingerprint density at radius 2 is 2.12 bits per heavy atom. The summed E-state index contributed by atoms with van der Waals surface area (Å²) in [6.07, 6.45) is 5.50. The third-order valence-corrected chi connectivity index (χ3v) is 2.95. The summed E-state index contributed by atoms with van der Waals surface area (Å²) in [6, 6.07) is 4.47. The van der Waals surface area contributed by atoms with E-state index in [-0.39, 0.29) is 6.61 Å². The number of aromatic nitrogens is 1. The number of aliphatic hydroxyl groups is 1. The summed E-state index contributed by atoms with van der Waals surface area (Å²) in [4.78, 5) is 6.30. The van der Waals surface area contributed by atoms with Crippen LogP contribution in [-0.2, 0) is 6.42 Å². The second kappa shape index (κ2) is 8.17. The van der Waals surface area contributed by atoms with Gasteiger partial charge in [0, 0.05) is 38.1 Å². The molecule has 0 bridgehead atoms. The maximum atomic E-state index is 8.92. The van der Waals surface area contributed by atoms with Gasteiger partial charge in [-0.15, -0.1) is 0 Å². The summed E-state index contributed by atoms with van der Waals surface area (Å²) >= 11 is 0. The van der Waals surface area contributed by atoms with E-state index in [0.29, 0.717) is 6.04 Å². The van der Waals surface area contributed by atoms with Crippen molar-refractivity contribution in [3.05, 3.63) is 30.1 Å². The van der Waals surface area contributed by atoms with Gasteiger partial charge in [0.2, 0.25) is 0 Å². The standard InChI is InChI=1S/C13H23N3O/c1-14-13(6-10-17)11-16(2)9-5-12-3-7-15-8-4-12/h3-4,7-8,13-14,17H,5-6,9-11H2,1-2H3. The molecule has 2 N–H and O–H groups in total. The minimum absolute atomic E-state index is 0.240. The highest BCUT2D eigenvalue weighted by Gasteiger charge is 2.08. The van der Waals surface area contributed by atoms with E-state index in [1.54, 1.807) is 0 Å². The highest BCUT2D eigenvalue weighted by atomic mass is 16.3. The average molecular weight is 237 g/mol. The zero-order valence-corrected chi connectivity index (χ0v) is 10.8. The first-order chi connectivity index (χ1) is 8.26. The topological polar surface area (TPSA) is 48.4 Å². The summed E-state index contributed by atoms with van der Waals surface area (Å²) in [6.45, 7) is 2.22. The Morgan fingerprint density at radius 1 is 1.41 bits per heavy atom. The number of rotatable bonds is 8. The molecule has 96 valence electrons. The summed E-state index contributed by atoms with van der Waals surface area (Å²) < 4.78 is 0. The molecule has 0 aliphatic heterocycles. The van der Waals surface area contributed by atoms with Crippen molar-refractivity contribution in [2.24, 2.45) is 0 Å². The number of pyridine rings is 1. The highest BCUT2D eigenvalue weighted by molar-refractivity contribution is 5.09. The van der Waals surface area contributed by atoms with E-state index in [0.717, 1.165) is 25.9 Å². The predicted octanol–water partition coefficient (Wildman–Crippen LogP) is 0.526. The first kappa shape index (κ1) is 14.1. The van der Waals surface area contributed by atoms with Gasteiger partial charge in [-0.25, -0.2) is 0 Å². The van der Waals surface area contributed by atoms with Crippen LogP contribution < -0.4 is 5.32 Å². The number of hydrogen-bond donors (Lipinski definition) is 2. The van der Waals surface area contributed by atoms with Crippen LogP contribution in [-0.4, -0.2) is 54.8 Å². The number of nitrogens with one attached hydrogen (secondary N) is 1. The third-order valence-electron chi connectivity index (χ3n) is 2.95. The Balaban J connectivity index is 2.27. The molecule has 4 heteroatoms. The van der Waals surface area contributed by atoms with Gasteiger partial charge >= 0.3 is 0 Å². The summed E-state index contributed by atoms with van der Waals surface area (Å²) in [7, 11) is 4.06. The Labute approximate surface area is 104 Å². The van der Waals surface area contributed by atoms with E-state index < -0.39 is 0 Å². The fraction of sp³-hybridized carbons (Fsp3) is 0.615. The van der Waals surface area contributed by atoms with E-state index in [2.05, 4.69) is 34.4 Å². The monoisotopic (exact) mass is 237 g/mol. The lowest BCUT2D eigenvalue weighted by Crippen LogP contribution is -2.39. The Kier molecular flexibility index (Phi) is 6.77. The van der Waals surface area contributed by atoms with Gasteiger partial charge in [0.1, 0.15) is 0 Å². The van der Waals surface area contributed by atoms with E-state index in [1.165, 1.54) is 5.56 Å². The number of likely N-dealkylation sites (N-methyl/N-ethyl adjacent to an activating group) is 2. The number of aliphatic hydroxyl groups excluding tert-OH is 1. The van der Waals surface area contributed by atoms with Crippen LogP contribution in [0.2, 0.25) is 0 Å². The van der Waals surface area contributed by atoms with Gasteiger partial charge in [-0.1, -0.05) is 0 Å². The molecular formula is C13H23N3O. The molecule has 17 heavy (non-hydrogen) atoms. The summed E-state index contributed by atoms with van der Waals surface area (Å²) in [5, 5.41) is 12.1. The fourth-order valence-electron chi connectivity index (χ4n) is 1.82. The molecule has 0 aliphatic rings. The highest BCUT2D eigenvalue weighted by Crippen LogP contribution is 2.00. The van der Waals surface area contributed by atoms with Gasteiger partial charge in [-0.2, -0.15) is 0 Å². The second-order valence-electron chi connectivity index (χ2n) is 4.37. The minimum atomic E-state index is 0.240. The van der Waals surface area contributed by atoms with Crippen molar-refractivity contribution in [1.82, 2.24) is 15.2 Å². The van der Waals surface area contributed by atoms with Crippen molar-refractivity contribution in [2.75, 3.05) is 33.8 Å². The molecule has 1 atom stereocenters. The SMILES string of the molecule is CNC(CCO)CN(C)CCc1ccncc1. The molecule has 0 spiro atoms. The first-order valence-corrected chi connectivity index (χ1v) is 6.12. The van der Waals surface area contributed by atoms with E-state index in [9.17, 15) is 0 Å². The minimum Gasteiger partial charge on any atom is -0.396 e. The summed E-state index contributed by atoms with van der Waals surface area (Å²) in [5.41, 5.74) is 1.31. The van der Waals surface area contributed by atoms with Gasteiger partial charge in [0.25, 0.3) is 0 Å². The van der Waals surface area contributed by atoms with Crippen LogP contribution in [0.1, 0.15) is 12.0 Å². The molecule has 4 nitrogen and oxygen atoms in total. The van der Waals surface area contributed by atoms with Crippen LogP contribution in [0.4, 0.5) is 0 Å². The molecule has 1 rings (SSSR count). The van der Waals surface area contributed by atoms with Gasteiger partial charge in [-0.3, -0.25) is 4.98 Å². The van der Waals surface area contributed by atoms with Gasteiger partial charge in [-0.05, 0) is 44.6 Å². The third kappa shape index (κ3) is 5.77. The van der Waals surface area contributed by atoms with Crippen molar-refractivity contribution in [3.63, 3.8) is 0 Å². The molecule has 1 heterocycles. The number of nitrogens with zero attached hydrogens (tertiary/aromatic N) is 2. The first-order valence-electron chi connectivity index (χ1n) is 6.12. The Morgan fingerprint density at radius 3 is 2.71 bits per heavy atom. The zero-order valence-electron chi connectivity index (χ0n) is 10.8. The van der Waals surface area contributed by atoms with Gasteiger partial charge in [0.05, 0.1) is 0 Å². The fourth-order valence-corrected chi connectivity index (χ4v) is 1.82. The van der Waals surface area contributed by atoms with Gasteiger partial charge < -0.3 is 15.3 Å². The Hall–Kier alpha value is -0.970. The average Bonchev–Trinajstić information content (AvgIpc) is 2.37. The van der Waals surface area contributed by atoms with Crippen LogP contribution in [0.15, 0.2) is 24.5 Å². The molecule has 1 unspecified atom stereocenters. The molecule has 0 aromatic carbocycles. The molecule has 0 saturated heterocycles. The molecule has 0 amide bonds. The van der Waals surface area contributed by atoms with Crippen LogP contribution >= 0.6 is 0 Å². The van der Waals surface area contributed by atoms with E-state index in [4.69, 9.17) is 5.11 Å².